The summed E-state index contributed by atoms with van der Waals surface area (Å²) in [5, 5.41) is 3.01. The Bertz CT molecular complexity index is 238. The molecular formula is C9H14BN2O. The Kier molecular flexibility index (Phi) is 4.53. The van der Waals surface area contributed by atoms with Gasteiger partial charge < -0.3 is 15.6 Å². The largest absolute Gasteiger partial charge is 0.427 e. The molecular weight excluding hydrogens is 163 g/mol. The quantitative estimate of drug-likeness (QED) is 0.506. The smallest absolute Gasteiger partial charge is 0.395 e. The van der Waals surface area contributed by atoms with Gasteiger partial charge in [-0.2, -0.15) is 0 Å². The second kappa shape index (κ2) is 5.75. The molecule has 1 aromatic rings. The van der Waals surface area contributed by atoms with Gasteiger partial charge in [-0.15, -0.1) is 0 Å². The minimum atomic E-state index is 0.595. The van der Waals surface area contributed by atoms with Crippen LogP contribution >= 0.6 is 0 Å². The summed E-state index contributed by atoms with van der Waals surface area (Å²) in [7, 11) is 3.18. The van der Waals surface area contributed by atoms with Crippen molar-refractivity contribution in [1.82, 2.24) is 5.23 Å². The fourth-order valence-corrected chi connectivity index (χ4v) is 1.04. The highest BCUT2D eigenvalue weighted by Gasteiger charge is 1.93. The number of rotatable bonds is 5. The Balaban J connectivity index is 2.40. The summed E-state index contributed by atoms with van der Waals surface area (Å²) in [6.45, 7) is 1.37. The molecule has 0 bridgehead atoms. The van der Waals surface area contributed by atoms with Crippen LogP contribution in [0.15, 0.2) is 24.3 Å². The van der Waals surface area contributed by atoms with Crippen molar-refractivity contribution >= 4 is 7.62 Å². The van der Waals surface area contributed by atoms with Crippen LogP contribution in [0, 0.1) is 0 Å². The molecule has 0 aliphatic carbocycles. The monoisotopic (exact) mass is 177 g/mol. The van der Waals surface area contributed by atoms with Crippen LogP contribution in [-0.2, 0) is 17.7 Å². The molecule has 0 heterocycles. The van der Waals surface area contributed by atoms with Crippen LogP contribution in [0.2, 0.25) is 0 Å². The average molecular weight is 177 g/mol. The molecule has 4 heteroatoms. The van der Waals surface area contributed by atoms with E-state index in [0.717, 1.165) is 12.1 Å². The molecule has 0 aliphatic heterocycles. The second-order valence-electron chi connectivity index (χ2n) is 2.76. The van der Waals surface area contributed by atoms with Crippen molar-refractivity contribution in [3.8, 4) is 0 Å². The van der Waals surface area contributed by atoms with Crippen LogP contribution in [0.4, 0.5) is 0 Å². The van der Waals surface area contributed by atoms with Crippen molar-refractivity contribution in [2.45, 2.75) is 13.1 Å². The van der Waals surface area contributed by atoms with E-state index in [9.17, 15) is 0 Å². The third kappa shape index (κ3) is 3.59. The lowest BCUT2D eigenvalue weighted by molar-refractivity contribution is 0.430. The predicted molar refractivity (Wildman–Crippen MR) is 53.9 cm³/mol. The van der Waals surface area contributed by atoms with Crippen molar-refractivity contribution in [2.24, 2.45) is 5.73 Å². The van der Waals surface area contributed by atoms with Gasteiger partial charge in [0.1, 0.15) is 0 Å². The summed E-state index contributed by atoms with van der Waals surface area (Å²) in [6.07, 6.45) is 0. The molecule has 1 rings (SSSR count). The lowest BCUT2D eigenvalue weighted by Crippen LogP contribution is -2.19. The highest BCUT2D eigenvalue weighted by molar-refractivity contribution is 6.23. The standard InChI is InChI=1S/C9H14BN2O/c1-13-10-12-7-9-4-2-8(6-11)3-5-9/h2-5,12H,6-7,11H2,1H3. The summed E-state index contributed by atoms with van der Waals surface area (Å²) in [4.78, 5) is 0. The molecule has 1 radical (unpaired) electrons. The Morgan fingerprint density at radius 2 is 1.92 bits per heavy atom. The van der Waals surface area contributed by atoms with Crippen LogP contribution in [0.3, 0.4) is 0 Å². The normalized spacial score (nSPS) is 10.0. The number of hydrogen-bond donors (Lipinski definition) is 2. The number of nitrogens with two attached hydrogens (primary N) is 1. The highest BCUT2D eigenvalue weighted by atomic mass is 16.4. The predicted octanol–water partition coefficient (Wildman–Crippen LogP) is 0.415. The Hall–Kier alpha value is -0.835. The van der Waals surface area contributed by atoms with Gasteiger partial charge in [-0.25, -0.2) is 0 Å². The molecule has 0 saturated carbocycles. The van der Waals surface area contributed by atoms with Crippen molar-refractivity contribution in [3.63, 3.8) is 0 Å². The first-order valence-corrected chi connectivity index (χ1v) is 4.22. The van der Waals surface area contributed by atoms with Crippen LogP contribution in [0.5, 0.6) is 0 Å². The van der Waals surface area contributed by atoms with Crippen LogP contribution in [0.25, 0.3) is 0 Å². The molecule has 0 saturated heterocycles. The van der Waals surface area contributed by atoms with Crippen molar-refractivity contribution < 1.29 is 4.65 Å². The molecule has 0 atom stereocenters. The topological polar surface area (TPSA) is 47.3 Å². The van der Waals surface area contributed by atoms with Gasteiger partial charge in [0.05, 0.1) is 0 Å². The first kappa shape index (κ1) is 10.2. The van der Waals surface area contributed by atoms with E-state index in [1.165, 1.54) is 5.56 Å². The third-order valence-electron chi connectivity index (χ3n) is 1.77. The van der Waals surface area contributed by atoms with Crippen molar-refractivity contribution in [2.75, 3.05) is 7.11 Å². The highest BCUT2D eigenvalue weighted by Crippen LogP contribution is 2.02. The van der Waals surface area contributed by atoms with Crippen LogP contribution in [0.1, 0.15) is 11.1 Å². The molecule has 13 heavy (non-hydrogen) atoms. The average Bonchev–Trinajstić information content (AvgIpc) is 2.19. The van der Waals surface area contributed by atoms with Crippen molar-refractivity contribution in [1.29, 1.82) is 0 Å². The lowest BCUT2D eigenvalue weighted by Gasteiger charge is -2.02. The van der Waals surface area contributed by atoms with Crippen LogP contribution in [-0.4, -0.2) is 14.7 Å². The minimum absolute atomic E-state index is 0.595. The maximum atomic E-state index is 5.48. The van der Waals surface area contributed by atoms with Crippen LogP contribution < -0.4 is 11.0 Å². The summed E-state index contributed by atoms with van der Waals surface area (Å²) in [6, 6.07) is 8.17. The van der Waals surface area contributed by atoms with E-state index >= 15 is 0 Å². The SMILES string of the molecule is CO[B]NCc1ccc(CN)cc1. The molecule has 0 spiro atoms. The second-order valence-corrected chi connectivity index (χ2v) is 2.76. The van der Waals surface area contributed by atoms with Gasteiger partial charge in [0.25, 0.3) is 0 Å². The van der Waals surface area contributed by atoms with Gasteiger partial charge in [-0.1, -0.05) is 24.3 Å². The Morgan fingerprint density at radius 1 is 1.31 bits per heavy atom. The molecule has 1 aromatic carbocycles. The Morgan fingerprint density at radius 3 is 2.46 bits per heavy atom. The first-order chi connectivity index (χ1) is 6.36. The van der Waals surface area contributed by atoms with E-state index in [1.54, 1.807) is 14.7 Å². The zero-order valence-electron chi connectivity index (χ0n) is 7.79. The van der Waals surface area contributed by atoms with E-state index in [2.05, 4.69) is 17.4 Å². The summed E-state index contributed by atoms with van der Waals surface area (Å²) in [5.74, 6) is 0. The number of nitrogens with one attached hydrogen (secondary N) is 1. The molecule has 3 nitrogen and oxygen atoms in total. The molecule has 0 unspecified atom stereocenters. The van der Waals surface area contributed by atoms with Crippen molar-refractivity contribution in [3.05, 3.63) is 35.4 Å². The van der Waals surface area contributed by atoms with Gasteiger partial charge in [-0.3, -0.25) is 0 Å². The number of benzene rings is 1. The minimum Gasteiger partial charge on any atom is -0.427 e. The molecule has 3 N–H and O–H groups in total. The van der Waals surface area contributed by atoms with Gasteiger partial charge >= 0.3 is 7.62 Å². The maximum Gasteiger partial charge on any atom is 0.395 e. The lowest BCUT2D eigenvalue weighted by atomic mass is 10.1. The van der Waals surface area contributed by atoms with E-state index in [-0.39, 0.29) is 0 Å². The molecule has 0 aliphatic rings. The third-order valence-corrected chi connectivity index (χ3v) is 1.77. The molecule has 0 aromatic heterocycles. The van der Waals surface area contributed by atoms with E-state index in [0.29, 0.717) is 6.54 Å². The fourth-order valence-electron chi connectivity index (χ4n) is 1.04. The van der Waals surface area contributed by atoms with E-state index in [1.807, 2.05) is 12.1 Å². The number of hydrogen-bond acceptors (Lipinski definition) is 3. The van der Waals surface area contributed by atoms with Gasteiger partial charge in [0.15, 0.2) is 0 Å². The van der Waals surface area contributed by atoms with E-state index in [4.69, 9.17) is 10.4 Å². The summed E-state index contributed by atoms with van der Waals surface area (Å²) >= 11 is 0. The Labute approximate surface area is 79.6 Å². The summed E-state index contributed by atoms with van der Waals surface area (Å²) < 4.78 is 4.75. The zero-order valence-corrected chi connectivity index (χ0v) is 7.79. The van der Waals surface area contributed by atoms with Gasteiger partial charge in [-0.05, 0) is 11.1 Å². The fraction of sp³-hybridized carbons (Fsp3) is 0.333. The van der Waals surface area contributed by atoms with E-state index < -0.39 is 0 Å². The van der Waals surface area contributed by atoms with Gasteiger partial charge in [0, 0.05) is 20.2 Å². The molecule has 0 amide bonds. The zero-order chi connectivity index (χ0) is 9.52. The van der Waals surface area contributed by atoms with Gasteiger partial charge in [0.2, 0.25) is 0 Å². The first-order valence-electron chi connectivity index (χ1n) is 4.22. The molecule has 69 valence electrons. The maximum absolute atomic E-state index is 5.48. The molecule has 0 fully saturated rings. The summed E-state index contributed by atoms with van der Waals surface area (Å²) in [5.41, 5.74) is 7.85.